The summed E-state index contributed by atoms with van der Waals surface area (Å²) in [5.41, 5.74) is 4.42. The first kappa shape index (κ1) is 16.2. The van der Waals surface area contributed by atoms with E-state index in [1.807, 2.05) is 0 Å². The van der Waals surface area contributed by atoms with E-state index in [0.29, 0.717) is 17.0 Å². The van der Waals surface area contributed by atoms with E-state index in [0.717, 1.165) is 17.0 Å². The van der Waals surface area contributed by atoms with Crippen molar-refractivity contribution in [1.29, 1.82) is 0 Å². The first-order chi connectivity index (χ1) is 11.0. The summed E-state index contributed by atoms with van der Waals surface area (Å²) in [6.45, 7) is 8.45. The topological polar surface area (TPSA) is 51.8 Å². The maximum Gasteiger partial charge on any atom is 0.277 e. The Kier molecular flexibility index (Phi) is 4.82. The van der Waals surface area contributed by atoms with E-state index in [4.69, 9.17) is 4.42 Å². The molecule has 0 N–H and O–H groups in total. The minimum absolute atomic E-state index is 0.471. The predicted molar refractivity (Wildman–Crippen MR) is 95.0 cm³/mol. The molecule has 0 radical (unpaired) electrons. The van der Waals surface area contributed by atoms with Gasteiger partial charge in [-0.1, -0.05) is 42.8 Å². The van der Waals surface area contributed by atoms with E-state index in [-0.39, 0.29) is 0 Å². The number of aryl methyl sites for hydroxylation is 2. The molecular formula is C17H19N3OS2. The maximum absolute atomic E-state index is 5.77. The lowest BCUT2D eigenvalue weighted by Crippen LogP contribution is -1.87. The zero-order valence-corrected chi connectivity index (χ0v) is 15.3. The molecule has 4 nitrogen and oxygen atoms in total. The van der Waals surface area contributed by atoms with E-state index in [1.165, 1.54) is 27.9 Å². The molecule has 3 aromatic rings. The van der Waals surface area contributed by atoms with Crippen LogP contribution in [0.4, 0.5) is 0 Å². The Morgan fingerprint density at radius 3 is 2.52 bits per heavy atom. The van der Waals surface area contributed by atoms with Crippen molar-refractivity contribution in [2.75, 3.05) is 0 Å². The number of benzene rings is 1. The molecule has 0 bridgehead atoms. The molecule has 0 fully saturated rings. The van der Waals surface area contributed by atoms with Crippen LogP contribution in [0.1, 0.15) is 41.6 Å². The summed E-state index contributed by atoms with van der Waals surface area (Å²) in [5, 5.41) is 12.1. The Labute approximate surface area is 144 Å². The highest BCUT2D eigenvalue weighted by atomic mass is 32.2. The molecule has 120 valence electrons. The first-order valence-electron chi connectivity index (χ1n) is 7.50. The standard InChI is InChI=1S/C17H19N3OS2/c1-10(2)16-18-14(8-22-16)9-23-17-20-19-15(21-17)13-6-11(3)5-12(4)7-13/h5-8,10H,9H2,1-4H3. The van der Waals surface area contributed by atoms with Crippen LogP contribution >= 0.6 is 23.1 Å². The molecule has 2 aromatic heterocycles. The summed E-state index contributed by atoms with van der Waals surface area (Å²) in [4.78, 5) is 4.62. The molecule has 1 aromatic carbocycles. The van der Waals surface area contributed by atoms with Crippen molar-refractivity contribution in [1.82, 2.24) is 15.2 Å². The van der Waals surface area contributed by atoms with Gasteiger partial charge in [-0.3, -0.25) is 0 Å². The van der Waals surface area contributed by atoms with Crippen molar-refractivity contribution in [2.45, 2.75) is 44.6 Å². The van der Waals surface area contributed by atoms with Crippen LogP contribution in [0.3, 0.4) is 0 Å². The Balaban J connectivity index is 1.69. The number of thioether (sulfide) groups is 1. The van der Waals surface area contributed by atoms with Gasteiger partial charge >= 0.3 is 0 Å². The maximum atomic E-state index is 5.77. The van der Waals surface area contributed by atoms with Crippen molar-refractivity contribution in [2.24, 2.45) is 0 Å². The van der Waals surface area contributed by atoms with Gasteiger partial charge in [0.1, 0.15) is 0 Å². The Bertz CT molecular complexity index is 788. The van der Waals surface area contributed by atoms with Crippen molar-refractivity contribution >= 4 is 23.1 Å². The summed E-state index contributed by atoms with van der Waals surface area (Å²) in [6, 6.07) is 6.25. The molecule has 23 heavy (non-hydrogen) atoms. The van der Waals surface area contributed by atoms with Crippen LogP contribution in [0.15, 0.2) is 33.2 Å². The fraction of sp³-hybridized carbons (Fsp3) is 0.353. The van der Waals surface area contributed by atoms with E-state index < -0.39 is 0 Å². The van der Waals surface area contributed by atoms with Crippen LogP contribution in [-0.4, -0.2) is 15.2 Å². The van der Waals surface area contributed by atoms with Gasteiger partial charge in [-0.2, -0.15) is 0 Å². The summed E-state index contributed by atoms with van der Waals surface area (Å²) >= 11 is 3.23. The van der Waals surface area contributed by atoms with Crippen molar-refractivity contribution in [3.05, 3.63) is 45.4 Å². The molecular weight excluding hydrogens is 326 g/mol. The van der Waals surface area contributed by atoms with Crippen LogP contribution in [0.5, 0.6) is 0 Å². The monoisotopic (exact) mass is 345 g/mol. The quantitative estimate of drug-likeness (QED) is 0.593. The van der Waals surface area contributed by atoms with Gasteiger partial charge in [-0.05, 0) is 26.0 Å². The molecule has 6 heteroatoms. The second kappa shape index (κ2) is 6.84. The summed E-state index contributed by atoms with van der Waals surface area (Å²) < 4.78 is 5.77. The average Bonchev–Trinajstić information content (AvgIpc) is 3.13. The van der Waals surface area contributed by atoms with Gasteiger partial charge in [-0.15, -0.1) is 21.5 Å². The molecule has 0 spiro atoms. The highest BCUT2D eigenvalue weighted by Gasteiger charge is 2.12. The van der Waals surface area contributed by atoms with Gasteiger partial charge in [-0.25, -0.2) is 4.98 Å². The molecule has 0 atom stereocenters. The third kappa shape index (κ3) is 4.00. The Morgan fingerprint density at radius 2 is 1.87 bits per heavy atom. The van der Waals surface area contributed by atoms with E-state index >= 15 is 0 Å². The fourth-order valence-corrected chi connectivity index (χ4v) is 3.87. The number of rotatable bonds is 5. The van der Waals surface area contributed by atoms with Crippen LogP contribution in [0.25, 0.3) is 11.5 Å². The first-order valence-corrected chi connectivity index (χ1v) is 9.37. The van der Waals surface area contributed by atoms with Crippen LogP contribution in [-0.2, 0) is 5.75 Å². The summed E-state index contributed by atoms with van der Waals surface area (Å²) in [6.07, 6.45) is 0. The van der Waals surface area contributed by atoms with Crippen molar-refractivity contribution in [3.8, 4) is 11.5 Å². The number of nitrogens with zero attached hydrogens (tertiary/aromatic N) is 3. The zero-order chi connectivity index (χ0) is 16.4. The largest absolute Gasteiger partial charge is 0.411 e. The fourth-order valence-electron chi connectivity index (χ4n) is 2.27. The highest BCUT2D eigenvalue weighted by molar-refractivity contribution is 7.98. The molecule has 0 aliphatic rings. The van der Waals surface area contributed by atoms with E-state index in [1.54, 1.807) is 11.3 Å². The SMILES string of the molecule is Cc1cc(C)cc(-c2nnc(SCc3csc(C(C)C)n3)o2)c1. The van der Waals surface area contributed by atoms with Crippen LogP contribution in [0, 0.1) is 13.8 Å². The van der Waals surface area contributed by atoms with Crippen LogP contribution in [0.2, 0.25) is 0 Å². The average molecular weight is 345 g/mol. The van der Waals surface area contributed by atoms with E-state index in [2.05, 4.69) is 66.5 Å². The molecule has 0 unspecified atom stereocenters. The molecule has 0 amide bonds. The minimum atomic E-state index is 0.471. The molecule has 0 saturated heterocycles. The zero-order valence-electron chi connectivity index (χ0n) is 13.7. The van der Waals surface area contributed by atoms with Gasteiger partial charge in [0.15, 0.2) is 0 Å². The molecule has 0 saturated carbocycles. The third-order valence-corrected chi connectivity index (χ3v) is 5.33. The summed E-state index contributed by atoms with van der Waals surface area (Å²) in [5.74, 6) is 1.79. The van der Waals surface area contributed by atoms with Crippen LogP contribution < -0.4 is 0 Å². The Morgan fingerprint density at radius 1 is 1.13 bits per heavy atom. The van der Waals surface area contributed by atoms with Gasteiger partial charge in [0, 0.05) is 22.6 Å². The second-order valence-electron chi connectivity index (χ2n) is 5.87. The number of thiazole rings is 1. The number of aromatic nitrogens is 3. The number of hydrogen-bond acceptors (Lipinski definition) is 6. The van der Waals surface area contributed by atoms with Crippen molar-refractivity contribution in [3.63, 3.8) is 0 Å². The van der Waals surface area contributed by atoms with Gasteiger partial charge in [0.25, 0.3) is 5.22 Å². The Hall–Kier alpha value is -1.66. The number of hydrogen-bond donors (Lipinski definition) is 0. The van der Waals surface area contributed by atoms with Gasteiger partial charge < -0.3 is 4.42 Å². The molecule has 0 aliphatic heterocycles. The lowest BCUT2D eigenvalue weighted by Gasteiger charge is -2.00. The van der Waals surface area contributed by atoms with Gasteiger partial charge in [0.05, 0.1) is 10.7 Å². The smallest absolute Gasteiger partial charge is 0.277 e. The summed E-state index contributed by atoms with van der Waals surface area (Å²) in [7, 11) is 0. The third-order valence-electron chi connectivity index (χ3n) is 3.28. The van der Waals surface area contributed by atoms with Crippen molar-refractivity contribution < 1.29 is 4.42 Å². The highest BCUT2D eigenvalue weighted by Crippen LogP contribution is 2.28. The second-order valence-corrected chi connectivity index (χ2v) is 7.69. The van der Waals surface area contributed by atoms with E-state index in [9.17, 15) is 0 Å². The molecule has 2 heterocycles. The normalized spacial score (nSPS) is 11.3. The minimum Gasteiger partial charge on any atom is -0.411 e. The molecule has 0 aliphatic carbocycles. The molecule has 3 rings (SSSR count). The van der Waals surface area contributed by atoms with Gasteiger partial charge in [0.2, 0.25) is 5.89 Å². The predicted octanol–water partition coefficient (Wildman–Crippen LogP) is 5.23. The lowest BCUT2D eigenvalue weighted by atomic mass is 10.1. The lowest BCUT2D eigenvalue weighted by molar-refractivity contribution is 0.465.